The van der Waals surface area contributed by atoms with Crippen molar-refractivity contribution in [2.75, 3.05) is 5.32 Å². The van der Waals surface area contributed by atoms with Gasteiger partial charge in [0.05, 0.1) is 0 Å². The summed E-state index contributed by atoms with van der Waals surface area (Å²) in [5.74, 6) is 2.56. The lowest BCUT2D eigenvalue weighted by molar-refractivity contribution is -0.116. The molecular weight excluding hydrogens is 216 g/mol. The van der Waals surface area contributed by atoms with Crippen LogP contribution in [0.2, 0.25) is 0 Å². The average Bonchev–Trinajstić information content (AvgIpc) is 2.63. The molecule has 1 heterocycles. The molecule has 0 saturated carbocycles. The van der Waals surface area contributed by atoms with Crippen molar-refractivity contribution in [2.45, 2.75) is 33.6 Å². The maximum absolute atomic E-state index is 11.6. The lowest BCUT2D eigenvalue weighted by Crippen LogP contribution is -2.21. The number of aryl methyl sites for hydroxylation is 1. The molecule has 0 radical (unpaired) electrons. The van der Waals surface area contributed by atoms with E-state index >= 15 is 0 Å². The third-order valence-electron chi connectivity index (χ3n) is 3.14. The molecule has 17 heavy (non-hydrogen) atoms. The van der Waals surface area contributed by atoms with Crippen LogP contribution in [0.5, 0.6) is 0 Å². The van der Waals surface area contributed by atoms with E-state index in [1.165, 1.54) is 0 Å². The van der Waals surface area contributed by atoms with Gasteiger partial charge in [0.2, 0.25) is 0 Å². The van der Waals surface area contributed by atoms with Crippen LogP contribution in [0.4, 0.5) is 5.82 Å². The Hall–Kier alpha value is -1.58. The van der Waals surface area contributed by atoms with Crippen molar-refractivity contribution in [1.82, 2.24) is 5.16 Å². The largest absolute Gasteiger partial charge is 0.360 e. The van der Waals surface area contributed by atoms with Gasteiger partial charge in [-0.1, -0.05) is 19.0 Å². The van der Waals surface area contributed by atoms with E-state index in [1.54, 1.807) is 6.08 Å². The Bertz CT molecular complexity index is 446. The molecule has 2 rings (SSSR count). The number of aromatic nitrogens is 1. The van der Waals surface area contributed by atoms with E-state index in [4.69, 9.17) is 4.52 Å². The van der Waals surface area contributed by atoms with E-state index in [1.807, 2.05) is 13.0 Å². The van der Waals surface area contributed by atoms with Crippen LogP contribution in [-0.2, 0) is 4.79 Å². The summed E-state index contributed by atoms with van der Waals surface area (Å²) in [6, 6.07) is 1.82. The number of rotatable bonds is 3. The first-order valence-electron chi connectivity index (χ1n) is 5.98. The molecule has 1 aliphatic carbocycles. The molecule has 1 unspecified atom stereocenters. The molecule has 1 aliphatic rings. The van der Waals surface area contributed by atoms with E-state index in [-0.39, 0.29) is 5.78 Å². The van der Waals surface area contributed by atoms with Gasteiger partial charge in [-0.2, -0.15) is 0 Å². The Balaban J connectivity index is 2.08. The summed E-state index contributed by atoms with van der Waals surface area (Å²) >= 11 is 0. The summed E-state index contributed by atoms with van der Waals surface area (Å²) < 4.78 is 4.98. The molecular formula is C13H18N2O2. The van der Waals surface area contributed by atoms with Crippen LogP contribution in [0.25, 0.3) is 0 Å². The Morgan fingerprint density at radius 3 is 2.82 bits per heavy atom. The quantitative estimate of drug-likeness (QED) is 0.873. The fraction of sp³-hybridized carbons (Fsp3) is 0.538. The van der Waals surface area contributed by atoms with Crippen LogP contribution in [-0.4, -0.2) is 10.9 Å². The zero-order chi connectivity index (χ0) is 12.4. The maximum atomic E-state index is 11.6. The molecule has 0 aromatic carbocycles. The Morgan fingerprint density at radius 1 is 1.47 bits per heavy atom. The minimum absolute atomic E-state index is 0.192. The van der Waals surface area contributed by atoms with Crippen molar-refractivity contribution in [3.05, 3.63) is 23.6 Å². The second-order valence-corrected chi connectivity index (χ2v) is 5.00. The number of allylic oxidation sites excluding steroid dienone is 2. The van der Waals surface area contributed by atoms with E-state index in [2.05, 4.69) is 24.3 Å². The normalized spacial score (nSPS) is 20.6. The Kier molecular flexibility index (Phi) is 3.31. The number of hydrogen-bond acceptors (Lipinski definition) is 4. The van der Waals surface area contributed by atoms with E-state index < -0.39 is 0 Å². The van der Waals surface area contributed by atoms with Gasteiger partial charge in [-0.25, -0.2) is 0 Å². The van der Waals surface area contributed by atoms with Gasteiger partial charge in [-0.15, -0.1) is 0 Å². The lowest BCUT2D eigenvalue weighted by atomic mass is 9.83. The third kappa shape index (κ3) is 2.96. The molecule has 1 aromatic rings. The van der Waals surface area contributed by atoms with Crippen LogP contribution >= 0.6 is 0 Å². The zero-order valence-corrected chi connectivity index (χ0v) is 10.5. The fourth-order valence-electron chi connectivity index (χ4n) is 2.07. The van der Waals surface area contributed by atoms with Crippen LogP contribution in [0.15, 0.2) is 22.4 Å². The molecule has 0 fully saturated rings. The zero-order valence-electron chi connectivity index (χ0n) is 10.5. The van der Waals surface area contributed by atoms with Crippen LogP contribution in [0.1, 0.15) is 32.4 Å². The van der Waals surface area contributed by atoms with Gasteiger partial charge in [-0.3, -0.25) is 4.79 Å². The van der Waals surface area contributed by atoms with Crippen LogP contribution in [0, 0.1) is 18.8 Å². The highest BCUT2D eigenvalue weighted by atomic mass is 16.5. The molecule has 0 spiro atoms. The highest BCUT2D eigenvalue weighted by molar-refractivity contribution is 5.91. The van der Waals surface area contributed by atoms with Crippen molar-refractivity contribution in [3.8, 4) is 0 Å². The van der Waals surface area contributed by atoms with E-state index in [9.17, 15) is 4.79 Å². The number of carbonyl (C=O) groups excluding carboxylic acids is 1. The van der Waals surface area contributed by atoms with Crippen molar-refractivity contribution < 1.29 is 9.32 Å². The molecule has 1 atom stereocenters. The summed E-state index contributed by atoms with van der Waals surface area (Å²) in [5.41, 5.74) is 0.938. The first-order chi connectivity index (χ1) is 8.04. The van der Waals surface area contributed by atoms with Gasteiger partial charge >= 0.3 is 0 Å². The van der Waals surface area contributed by atoms with Gasteiger partial charge in [0.1, 0.15) is 5.76 Å². The van der Waals surface area contributed by atoms with Crippen molar-refractivity contribution in [3.63, 3.8) is 0 Å². The molecule has 92 valence electrons. The third-order valence-corrected chi connectivity index (χ3v) is 3.14. The summed E-state index contributed by atoms with van der Waals surface area (Å²) in [5, 5.41) is 7.02. The number of nitrogens with zero attached hydrogens (tertiary/aromatic N) is 1. The molecule has 1 N–H and O–H groups in total. The second-order valence-electron chi connectivity index (χ2n) is 5.00. The summed E-state index contributed by atoms with van der Waals surface area (Å²) in [6.45, 7) is 6.15. The summed E-state index contributed by atoms with van der Waals surface area (Å²) in [7, 11) is 0. The molecule has 0 bridgehead atoms. The molecule has 0 saturated heterocycles. The molecule has 0 aliphatic heterocycles. The minimum atomic E-state index is 0.192. The van der Waals surface area contributed by atoms with Gasteiger partial charge in [0.15, 0.2) is 11.6 Å². The van der Waals surface area contributed by atoms with Gasteiger partial charge < -0.3 is 9.84 Å². The predicted octanol–water partition coefficient (Wildman–Crippen LogP) is 2.91. The average molecular weight is 234 g/mol. The van der Waals surface area contributed by atoms with Crippen molar-refractivity contribution >= 4 is 11.6 Å². The molecule has 4 nitrogen and oxygen atoms in total. The highest BCUT2D eigenvalue weighted by Gasteiger charge is 2.23. The molecule has 1 aromatic heterocycles. The second kappa shape index (κ2) is 4.73. The van der Waals surface area contributed by atoms with Crippen LogP contribution in [0.3, 0.4) is 0 Å². The van der Waals surface area contributed by atoms with Crippen molar-refractivity contribution in [1.29, 1.82) is 0 Å². The Labute approximate surface area is 101 Å². The van der Waals surface area contributed by atoms with Crippen LogP contribution < -0.4 is 5.32 Å². The summed E-state index contributed by atoms with van der Waals surface area (Å²) in [4.78, 5) is 11.6. The fourth-order valence-corrected chi connectivity index (χ4v) is 2.07. The maximum Gasteiger partial charge on any atom is 0.173 e. The smallest absolute Gasteiger partial charge is 0.173 e. The van der Waals surface area contributed by atoms with Gasteiger partial charge in [0, 0.05) is 24.3 Å². The van der Waals surface area contributed by atoms with Gasteiger partial charge in [0.25, 0.3) is 0 Å². The SMILES string of the molecule is Cc1cc(NC2=CC(=O)CC(C(C)C)C2)no1. The Morgan fingerprint density at radius 2 is 2.24 bits per heavy atom. The number of nitrogens with one attached hydrogen (secondary N) is 1. The molecule has 4 heteroatoms. The first-order valence-corrected chi connectivity index (χ1v) is 5.98. The van der Waals surface area contributed by atoms with Crippen molar-refractivity contribution in [2.24, 2.45) is 11.8 Å². The number of carbonyl (C=O) groups is 1. The first kappa shape index (κ1) is 11.9. The monoisotopic (exact) mass is 234 g/mol. The highest BCUT2D eigenvalue weighted by Crippen LogP contribution is 2.28. The van der Waals surface area contributed by atoms with E-state index in [0.717, 1.165) is 17.9 Å². The minimum Gasteiger partial charge on any atom is -0.360 e. The van der Waals surface area contributed by atoms with E-state index in [0.29, 0.717) is 24.1 Å². The van der Waals surface area contributed by atoms with Gasteiger partial charge in [-0.05, 0) is 25.2 Å². The predicted molar refractivity (Wildman–Crippen MR) is 65.5 cm³/mol. The number of hydrogen-bond donors (Lipinski definition) is 1. The number of anilines is 1. The topological polar surface area (TPSA) is 55.1 Å². The standard InChI is InChI=1S/C13H18N2O2/c1-8(2)10-5-11(7-12(16)6-10)14-13-4-9(3)17-15-13/h4,7-8,10H,5-6H2,1-3H3,(H,14,15). The lowest BCUT2D eigenvalue weighted by Gasteiger charge is -2.25. The molecule has 0 amide bonds. The summed E-state index contributed by atoms with van der Waals surface area (Å²) in [6.07, 6.45) is 3.24. The number of ketones is 1.